The molecule has 1 aliphatic rings. The predicted octanol–water partition coefficient (Wildman–Crippen LogP) is 1.17. The normalized spacial score (nSPS) is 20.4. The summed E-state index contributed by atoms with van der Waals surface area (Å²) in [5.41, 5.74) is 0. The van der Waals surface area contributed by atoms with Crippen LogP contribution in [0.5, 0.6) is 0 Å². The highest BCUT2D eigenvalue weighted by atomic mass is 16.5. The molecule has 1 N–H and O–H groups in total. The molecule has 1 aromatic heterocycles. The highest BCUT2D eigenvalue weighted by molar-refractivity contribution is 5.29. The highest BCUT2D eigenvalue weighted by Gasteiger charge is 2.29. The maximum Gasteiger partial charge on any atom is 0.266 e. The topological polar surface area (TPSA) is 57.4 Å². The first kappa shape index (κ1) is 15.3. The summed E-state index contributed by atoms with van der Waals surface area (Å²) in [5.74, 6) is 2.18. The van der Waals surface area contributed by atoms with Gasteiger partial charge in [0.15, 0.2) is 0 Å². The third-order valence-electron chi connectivity index (χ3n) is 4.21. The van der Waals surface area contributed by atoms with E-state index in [9.17, 15) is 0 Å². The molecule has 6 nitrogen and oxygen atoms in total. The Hall–Kier alpha value is -1.14. The van der Waals surface area contributed by atoms with Crippen LogP contribution in [0, 0.1) is 5.92 Å². The van der Waals surface area contributed by atoms with Crippen molar-refractivity contribution in [1.82, 2.24) is 20.4 Å². The number of nitrogens with one attached hydrogen (secondary N) is 1. The lowest BCUT2D eigenvalue weighted by Crippen LogP contribution is -2.45. The van der Waals surface area contributed by atoms with Gasteiger partial charge in [0.25, 0.3) is 5.95 Å². The van der Waals surface area contributed by atoms with Gasteiger partial charge in [0.2, 0.25) is 5.89 Å². The summed E-state index contributed by atoms with van der Waals surface area (Å²) in [5, 5.41) is 7.47. The van der Waals surface area contributed by atoms with E-state index in [2.05, 4.69) is 53.1 Å². The van der Waals surface area contributed by atoms with Gasteiger partial charge in [-0.05, 0) is 32.1 Å². The van der Waals surface area contributed by atoms with Crippen molar-refractivity contribution in [3.05, 3.63) is 5.89 Å². The number of piperazine rings is 1. The lowest BCUT2D eigenvalue weighted by molar-refractivity contribution is 0.284. The fraction of sp³-hybridized carbons (Fsp3) is 0.857. The molecule has 1 aromatic rings. The Labute approximate surface area is 121 Å². The largest absolute Gasteiger partial charge is 0.337 e. The van der Waals surface area contributed by atoms with Crippen LogP contribution < -0.4 is 10.2 Å². The van der Waals surface area contributed by atoms with Crippen molar-refractivity contribution < 1.29 is 4.52 Å². The first-order chi connectivity index (χ1) is 9.52. The molecule has 2 unspecified atom stereocenters. The fourth-order valence-electron chi connectivity index (χ4n) is 2.75. The standard InChI is InChI=1S/C14H27N5O/c1-10(2)12(11(3)15-4)13-16-14(17-20-13)19-8-6-18(5)7-9-19/h10-12,15H,6-9H2,1-5H3. The van der Waals surface area contributed by atoms with Crippen molar-refractivity contribution >= 4 is 5.95 Å². The second kappa shape index (κ2) is 6.54. The van der Waals surface area contributed by atoms with Crippen molar-refractivity contribution in [2.24, 2.45) is 5.92 Å². The first-order valence-electron chi connectivity index (χ1n) is 7.47. The van der Waals surface area contributed by atoms with Crippen LogP contribution in [0.2, 0.25) is 0 Å². The summed E-state index contributed by atoms with van der Waals surface area (Å²) in [6, 6.07) is 0.316. The smallest absolute Gasteiger partial charge is 0.266 e. The molecule has 0 saturated carbocycles. The summed E-state index contributed by atoms with van der Waals surface area (Å²) >= 11 is 0. The van der Waals surface area contributed by atoms with Crippen molar-refractivity contribution in [2.75, 3.05) is 45.2 Å². The van der Waals surface area contributed by atoms with E-state index in [0.717, 1.165) is 38.0 Å². The van der Waals surface area contributed by atoms with Gasteiger partial charge in [-0.3, -0.25) is 0 Å². The van der Waals surface area contributed by atoms with E-state index < -0.39 is 0 Å². The zero-order chi connectivity index (χ0) is 14.7. The van der Waals surface area contributed by atoms with Crippen LogP contribution in [0.1, 0.15) is 32.6 Å². The molecule has 1 saturated heterocycles. The van der Waals surface area contributed by atoms with E-state index in [1.807, 2.05) is 7.05 Å². The number of nitrogens with zero attached hydrogens (tertiary/aromatic N) is 4. The number of hydrogen-bond donors (Lipinski definition) is 1. The van der Waals surface area contributed by atoms with Crippen molar-refractivity contribution in [3.63, 3.8) is 0 Å². The van der Waals surface area contributed by atoms with Gasteiger partial charge >= 0.3 is 0 Å². The van der Waals surface area contributed by atoms with E-state index >= 15 is 0 Å². The van der Waals surface area contributed by atoms with Gasteiger partial charge in [-0.25, -0.2) is 0 Å². The quantitative estimate of drug-likeness (QED) is 0.874. The minimum Gasteiger partial charge on any atom is -0.337 e. The predicted molar refractivity (Wildman–Crippen MR) is 80.1 cm³/mol. The minimum atomic E-state index is 0.244. The second-order valence-electron chi connectivity index (χ2n) is 6.07. The average Bonchev–Trinajstić information content (AvgIpc) is 2.88. The Morgan fingerprint density at radius 3 is 2.35 bits per heavy atom. The monoisotopic (exact) mass is 281 g/mol. The molecule has 6 heteroatoms. The Bertz CT molecular complexity index is 411. The number of anilines is 1. The van der Waals surface area contributed by atoms with Gasteiger partial charge < -0.3 is 19.6 Å². The minimum absolute atomic E-state index is 0.244. The third kappa shape index (κ3) is 3.30. The lowest BCUT2D eigenvalue weighted by Gasteiger charge is -2.31. The molecule has 0 aromatic carbocycles. The summed E-state index contributed by atoms with van der Waals surface area (Å²) in [6.07, 6.45) is 0. The van der Waals surface area contributed by atoms with Crippen LogP contribution in [0.3, 0.4) is 0 Å². The SMILES string of the molecule is CNC(C)C(c1nc(N2CCN(C)CC2)no1)C(C)C. The summed E-state index contributed by atoms with van der Waals surface area (Å²) in [6.45, 7) is 10.6. The van der Waals surface area contributed by atoms with Crippen LogP contribution in [0.25, 0.3) is 0 Å². The van der Waals surface area contributed by atoms with Crippen LogP contribution in [-0.4, -0.2) is 61.4 Å². The molecule has 0 amide bonds. The number of likely N-dealkylation sites (N-methyl/N-ethyl adjacent to an activating group) is 2. The molecule has 1 aliphatic heterocycles. The van der Waals surface area contributed by atoms with E-state index in [0.29, 0.717) is 12.0 Å². The van der Waals surface area contributed by atoms with E-state index in [1.165, 1.54) is 0 Å². The van der Waals surface area contributed by atoms with Gasteiger partial charge in [-0.15, -0.1) is 0 Å². The van der Waals surface area contributed by atoms with Gasteiger partial charge in [0, 0.05) is 32.2 Å². The molecular formula is C14H27N5O. The van der Waals surface area contributed by atoms with Gasteiger partial charge in [0.1, 0.15) is 0 Å². The van der Waals surface area contributed by atoms with Crippen molar-refractivity contribution in [2.45, 2.75) is 32.7 Å². The van der Waals surface area contributed by atoms with Crippen LogP contribution >= 0.6 is 0 Å². The third-order valence-corrected chi connectivity index (χ3v) is 4.21. The van der Waals surface area contributed by atoms with Crippen LogP contribution in [0.4, 0.5) is 5.95 Å². The highest BCUT2D eigenvalue weighted by Crippen LogP contribution is 2.28. The lowest BCUT2D eigenvalue weighted by atomic mass is 9.89. The van der Waals surface area contributed by atoms with E-state index in [-0.39, 0.29) is 5.92 Å². The molecule has 2 rings (SSSR count). The molecule has 20 heavy (non-hydrogen) atoms. The first-order valence-corrected chi connectivity index (χ1v) is 7.47. The summed E-state index contributed by atoms with van der Waals surface area (Å²) in [4.78, 5) is 9.16. The number of rotatable bonds is 5. The molecule has 0 radical (unpaired) electrons. The number of aromatic nitrogens is 2. The summed E-state index contributed by atoms with van der Waals surface area (Å²) in [7, 11) is 4.11. The molecular weight excluding hydrogens is 254 g/mol. The molecule has 0 aliphatic carbocycles. The molecule has 1 fully saturated rings. The summed E-state index contributed by atoms with van der Waals surface area (Å²) < 4.78 is 5.53. The Kier molecular flexibility index (Phi) is 4.99. The molecule has 2 heterocycles. The number of hydrogen-bond acceptors (Lipinski definition) is 6. The van der Waals surface area contributed by atoms with Crippen LogP contribution in [0.15, 0.2) is 4.52 Å². The van der Waals surface area contributed by atoms with Gasteiger partial charge in [0.05, 0.1) is 5.92 Å². The van der Waals surface area contributed by atoms with Gasteiger partial charge in [-0.1, -0.05) is 13.8 Å². The fourth-order valence-corrected chi connectivity index (χ4v) is 2.75. The second-order valence-corrected chi connectivity index (χ2v) is 6.07. The van der Waals surface area contributed by atoms with E-state index in [1.54, 1.807) is 0 Å². The van der Waals surface area contributed by atoms with Crippen molar-refractivity contribution in [3.8, 4) is 0 Å². The Balaban J connectivity index is 2.10. The Morgan fingerprint density at radius 2 is 1.80 bits per heavy atom. The Morgan fingerprint density at radius 1 is 1.15 bits per heavy atom. The molecule has 2 atom stereocenters. The maximum atomic E-state index is 5.53. The van der Waals surface area contributed by atoms with Crippen LogP contribution in [-0.2, 0) is 0 Å². The maximum absolute atomic E-state index is 5.53. The van der Waals surface area contributed by atoms with E-state index in [4.69, 9.17) is 4.52 Å². The zero-order valence-electron chi connectivity index (χ0n) is 13.3. The van der Waals surface area contributed by atoms with Gasteiger partial charge in [-0.2, -0.15) is 4.98 Å². The van der Waals surface area contributed by atoms with Crippen molar-refractivity contribution in [1.29, 1.82) is 0 Å². The molecule has 0 bridgehead atoms. The zero-order valence-corrected chi connectivity index (χ0v) is 13.3. The molecule has 114 valence electrons. The molecule has 0 spiro atoms. The average molecular weight is 281 g/mol.